The molecule has 0 aliphatic carbocycles. The van der Waals surface area contributed by atoms with Crippen molar-refractivity contribution >= 4 is 56.6 Å². The van der Waals surface area contributed by atoms with Crippen LogP contribution in [-0.2, 0) is 4.79 Å². The van der Waals surface area contributed by atoms with Crippen LogP contribution in [0.5, 0.6) is 0 Å². The van der Waals surface area contributed by atoms with Gasteiger partial charge in [-0.2, -0.15) is 0 Å². The summed E-state index contributed by atoms with van der Waals surface area (Å²) in [6.07, 6.45) is 0. The Labute approximate surface area is 163 Å². The fraction of sp³-hybridized carbons (Fsp3) is 0.176. The fourth-order valence-electron chi connectivity index (χ4n) is 2.16. The van der Waals surface area contributed by atoms with Crippen molar-refractivity contribution < 1.29 is 14.0 Å². The zero-order chi connectivity index (χ0) is 18.6. The van der Waals surface area contributed by atoms with E-state index in [0.29, 0.717) is 14.5 Å². The van der Waals surface area contributed by atoms with Gasteiger partial charge >= 0.3 is 0 Å². The van der Waals surface area contributed by atoms with Crippen LogP contribution in [-0.4, -0.2) is 29.8 Å². The third kappa shape index (κ3) is 5.17. The van der Waals surface area contributed by atoms with Crippen LogP contribution < -0.4 is 5.32 Å². The lowest BCUT2D eigenvalue weighted by atomic mass is 10.2. The summed E-state index contributed by atoms with van der Waals surface area (Å²) in [5.41, 5.74) is 0.435. The van der Waals surface area contributed by atoms with Crippen molar-refractivity contribution in [2.75, 3.05) is 18.4 Å². The zero-order valence-electron chi connectivity index (χ0n) is 13.2. The van der Waals surface area contributed by atoms with E-state index in [4.69, 9.17) is 23.2 Å². The smallest absolute Gasteiger partial charge is 0.254 e. The second-order valence-corrected chi connectivity index (χ2v) is 6.85. The van der Waals surface area contributed by atoms with Crippen molar-refractivity contribution in [2.24, 2.45) is 0 Å². The topological polar surface area (TPSA) is 49.4 Å². The van der Waals surface area contributed by atoms with Crippen molar-refractivity contribution in [3.8, 4) is 0 Å². The van der Waals surface area contributed by atoms with Gasteiger partial charge in [-0.15, -0.1) is 0 Å². The first-order valence-corrected chi connectivity index (χ1v) is 8.86. The highest BCUT2D eigenvalue weighted by atomic mass is 79.9. The molecule has 0 aromatic heterocycles. The Hall–Kier alpha value is -1.63. The first-order valence-electron chi connectivity index (χ1n) is 7.31. The molecule has 4 nitrogen and oxygen atoms in total. The Morgan fingerprint density at radius 1 is 1.20 bits per heavy atom. The molecular formula is C17H14BrCl2FN2O2. The molecule has 0 fully saturated rings. The number of benzene rings is 2. The van der Waals surface area contributed by atoms with E-state index in [2.05, 4.69) is 21.2 Å². The number of amides is 2. The molecule has 132 valence electrons. The molecular weight excluding hydrogens is 434 g/mol. The molecule has 0 saturated carbocycles. The van der Waals surface area contributed by atoms with E-state index in [1.165, 1.54) is 17.0 Å². The van der Waals surface area contributed by atoms with E-state index in [0.717, 1.165) is 6.07 Å². The number of carbonyl (C=O) groups is 2. The van der Waals surface area contributed by atoms with Crippen molar-refractivity contribution in [1.82, 2.24) is 4.90 Å². The maximum absolute atomic E-state index is 13.5. The molecule has 0 aliphatic rings. The van der Waals surface area contributed by atoms with E-state index < -0.39 is 17.6 Å². The summed E-state index contributed by atoms with van der Waals surface area (Å²) in [6.45, 7) is 1.78. The van der Waals surface area contributed by atoms with Gasteiger partial charge in [-0.1, -0.05) is 45.2 Å². The second-order valence-electron chi connectivity index (χ2n) is 5.12. The lowest BCUT2D eigenvalue weighted by Gasteiger charge is -2.21. The van der Waals surface area contributed by atoms with E-state index in [1.54, 1.807) is 25.1 Å². The number of para-hydroxylation sites is 1. The first-order chi connectivity index (χ1) is 11.8. The highest BCUT2D eigenvalue weighted by Crippen LogP contribution is 2.29. The standard InChI is InChI=1S/C17H14BrCl2FN2O2/c1-2-23(17(25)10-6-11(18)8-12(21)7-10)9-15(24)22-16-13(19)4-3-5-14(16)20/h3-8H,2,9H2,1H3,(H,22,24). The highest BCUT2D eigenvalue weighted by Gasteiger charge is 2.19. The summed E-state index contributed by atoms with van der Waals surface area (Å²) in [5, 5.41) is 3.18. The van der Waals surface area contributed by atoms with Crippen molar-refractivity contribution in [1.29, 1.82) is 0 Å². The minimum Gasteiger partial charge on any atom is -0.330 e. The van der Waals surface area contributed by atoms with Gasteiger partial charge in [0.2, 0.25) is 5.91 Å². The van der Waals surface area contributed by atoms with Gasteiger partial charge in [-0.3, -0.25) is 9.59 Å². The lowest BCUT2D eigenvalue weighted by molar-refractivity contribution is -0.116. The number of nitrogens with zero attached hydrogens (tertiary/aromatic N) is 1. The SMILES string of the molecule is CCN(CC(=O)Nc1c(Cl)cccc1Cl)C(=O)c1cc(F)cc(Br)c1. The van der Waals surface area contributed by atoms with E-state index >= 15 is 0 Å². The molecule has 0 unspecified atom stereocenters. The van der Waals surface area contributed by atoms with Crippen molar-refractivity contribution in [3.05, 3.63) is 62.3 Å². The van der Waals surface area contributed by atoms with Crippen LogP contribution in [0.2, 0.25) is 10.0 Å². The van der Waals surface area contributed by atoms with Gasteiger partial charge in [0.1, 0.15) is 12.4 Å². The summed E-state index contributed by atoms with van der Waals surface area (Å²) in [6, 6.07) is 8.71. The molecule has 25 heavy (non-hydrogen) atoms. The summed E-state index contributed by atoms with van der Waals surface area (Å²) >= 11 is 15.2. The van der Waals surface area contributed by atoms with Crippen LogP contribution in [0.25, 0.3) is 0 Å². The third-order valence-electron chi connectivity index (χ3n) is 3.34. The molecule has 8 heteroatoms. The summed E-state index contributed by atoms with van der Waals surface area (Å²) in [5.74, 6) is -1.45. The number of anilines is 1. The highest BCUT2D eigenvalue weighted by molar-refractivity contribution is 9.10. The van der Waals surface area contributed by atoms with Gasteiger partial charge in [-0.25, -0.2) is 4.39 Å². The average Bonchev–Trinajstić information content (AvgIpc) is 2.54. The minimum absolute atomic E-state index is 0.150. The van der Waals surface area contributed by atoms with Gasteiger partial charge in [0, 0.05) is 16.6 Å². The molecule has 0 atom stereocenters. The van der Waals surface area contributed by atoms with Crippen LogP contribution in [0.1, 0.15) is 17.3 Å². The molecule has 0 heterocycles. The quantitative estimate of drug-likeness (QED) is 0.701. The number of halogens is 4. The lowest BCUT2D eigenvalue weighted by Crippen LogP contribution is -2.38. The van der Waals surface area contributed by atoms with Gasteiger partial charge in [0.15, 0.2) is 0 Å². The maximum Gasteiger partial charge on any atom is 0.254 e. The molecule has 0 bridgehead atoms. The van der Waals surface area contributed by atoms with Crippen molar-refractivity contribution in [3.63, 3.8) is 0 Å². The first kappa shape index (κ1) is 19.7. The molecule has 1 N–H and O–H groups in total. The number of hydrogen-bond donors (Lipinski definition) is 1. The van der Waals surface area contributed by atoms with E-state index in [9.17, 15) is 14.0 Å². The zero-order valence-corrected chi connectivity index (χ0v) is 16.3. The van der Waals surface area contributed by atoms with Crippen LogP contribution in [0, 0.1) is 5.82 Å². The molecule has 2 amide bonds. The van der Waals surface area contributed by atoms with Crippen molar-refractivity contribution in [2.45, 2.75) is 6.92 Å². The van der Waals surface area contributed by atoms with Crippen LogP contribution in [0.15, 0.2) is 40.9 Å². The van der Waals surface area contributed by atoms with Gasteiger partial charge in [0.05, 0.1) is 15.7 Å². The summed E-state index contributed by atoms with van der Waals surface area (Å²) in [7, 11) is 0. The van der Waals surface area contributed by atoms with Gasteiger partial charge < -0.3 is 10.2 Å². The number of nitrogens with one attached hydrogen (secondary N) is 1. The predicted octanol–water partition coefficient (Wildman–Crippen LogP) is 5.00. The van der Waals surface area contributed by atoms with E-state index in [-0.39, 0.29) is 24.3 Å². The Morgan fingerprint density at radius 2 is 1.84 bits per heavy atom. The molecule has 0 saturated heterocycles. The number of hydrogen-bond acceptors (Lipinski definition) is 2. The Kier molecular flexibility index (Phi) is 6.81. The largest absolute Gasteiger partial charge is 0.330 e. The van der Waals surface area contributed by atoms with Crippen LogP contribution in [0.3, 0.4) is 0 Å². The third-order valence-corrected chi connectivity index (χ3v) is 4.43. The average molecular weight is 448 g/mol. The monoisotopic (exact) mass is 446 g/mol. The number of rotatable bonds is 5. The molecule has 2 rings (SSSR count). The van der Waals surface area contributed by atoms with Crippen LogP contribution in [0.4, 0.5) is 10.1 Å². The second kappa shape index (κ2) is 8.65. The molecule has 2 aromatic carbocycles. The number of likely N-dealkylation sites (N-methyl/N-ethyl adjacent to an activating group) is 1. The minimum atomic E-state index is -0.541. The Bertz CT molecular complexity index is 777. The predicted molar refractivity (Wildman–Crippen MR) is 101 cm³/mol. The molecule has 0 radical (unpaired) electrons. The Morgan fingerprint density at radius 3 is 2.40 bits per heavy atom. The fourth-order valence-corrected chi connectivity index (χ4v) is 3.11. The summed E-state index contributed by atoms with van der Waals surface area (Å²) in [4.78, 5) is 26.1. The van der Waals surface area contributed by atoms with Gasteiger partial charge in [0.25, 0.3) is 5.91 Å². The van der Waals surface area contributed by atoms with Gasteiger partial charge in [-0.05, 0) is 37.3 Å². The Balaban J connectivity index is 2.13. The normalized spacial score (nSPS) is 10.4. The number of carbonyl (C=O) groups excluding carboxylic acids is 2. The summed E-state index contributed by atoms with van der Waals surface area (Å²) < 4.78 is 13.9. The molecule has 0 spiro atoms. The maximum atomic E-state index is 13.5. The molecule has 0 aliphatic heterocycles. The van der Waals surface area contributed by atoms with Crippen LogP contribution >= 0.6 is 39.1 Å². The van der Waals surface area contributed by atoms with E-state index in [1.807, 2.05) is 0 Å². The molecule has 2 aromatic rings.